The summed E-state index contributed by atoms with van der Waals surface area (Å²) in [6.07, 6.45) is 0.953. The maximum atomic E-state index is 11.0. The lowest BCUT2D eigenvalue weighted by atomic mass is 10.4. The van der Waals surface area contributed by atoms with E-state index in [1.54, 1.807) is 6.92 Å². The lowest BCUT2D eigenvalue weighted by molar-refractivity contribution is -0.138. The molecule has 0 aromatic carbocycles. The van der Waals surface area contributed by atoms with E-state index in [-0.39, 0.29) is 5.97 Å². The lowest BCUT2D eigenvalue weighted by Crippen LogP contribution is -2.08. The zero-order valence-corrected chi connectivity index (χ0v) is 9.38. The summed E-state index contributed by atoms with van der Waals surface area (Å²) in [5, 5.41) is 0. The van der Waals surface area contributed by atoms with Crippen LogP contribution in [0.25, 0.3) is 0 Å². The Morgan fingerprint density at radius 2 is 2.15 bits per heavy atom. The maximum absolute atomic E-state index is 11.0. The van der Waals surface area contributed by atoms with Gasteiger partial charge in [-0.25, -0.2) is 4.79 Å². The van der Waals surface area contributed by atoms with Gasteiger partial charge in [0.15, 0.2) is 0 Å². The van der Waals surface area contributed by atoms with Gasteiger partial charge in [0.2, 0.25) is 0 Å². The van der Waals surface area contributed by atoms with Crippen LogP contribution < -0.4 is 0 Å². The Morgan fingerprint density at radius 3 is 2.69 bits per heavy atom. The summed E-state index contributed by atoms with van der Waals surface area (Å²) in [6.45, 7) is 5.71. The number of carbonyl (C=O) groups excluding carboxylic acids is 1. The summed E-state index contributed by atoms with van der Waals surface area (Å²) in [6, 6.07) is 0. The normalized spacial score (nSPS) is 17.3. The second-order valence-corrected chi connectivity index (χ2v) is 5.80. The fourth-order valence-electron chi connectivity index (χ4n) is 0.945. The molecule has 1 saturated heterocycles. The van der Waals surface area contributed by atoms with Crippen molar-refractivity contribution >= 4 is 29.5 Å². The molecule has 0 N–H and O–H groups in total. The first-order chi connectivity index (χ1) is 6.20. The number of carbonyl (C=O) groups is 1. The van der Waals surface area contributed by atoms with Crippen LogP contribution in [0.2, 0.25) is 0 Å². The van der Waals surface area contributed by atoms with Crippen molar-refractivity contribution in [3.8, 4) is 0 Å². The molecule has 0 amide bonds. The monoisotopic (exact) mass is 218 g/mol. The average Bonchev–Trinajstić information content (AvgIpc) is 2.56. The molecule has 0 radical (unpaired) electrons. The van der Waals surface area contributed by atoms with Gasteiger partial charge in [0.05, 0.1) is 11.2 Å². The maximum Gasteiger partial charge on any atom is 0.333 e. The molecule has 0 spiro atoms. The van der Waals surface area contributed by atoms with Crippen LogP contribution >= 0.6 is 23.5 Å². The Kier molecular flexibility index (Phi) is 4.73. The minimum Gasteiger partial charge on any atom is -0.462 e. The highest BCUT2D eigenvalue weighted by Crippen LogP contribution is 2.33. The van der Waals surface area contributed by atoms with Crippen molar-refractivity contribution in [3.05, 3.63) is 12.2 Å². The summed E-state index contributed by atoms with van der Waals surface area (Å²) in [7, 11) is 0. The van der Waals surface area contributed by atoms with Crippen molar-refractivity contribution in [2.45, 2.75) is 17.9 Å². The Balaban J connectivity index is 2.06. The third-order valence-electron chi connectivity index (χ3n) is 1.63. The van der Waals surface area contributed by atoms with Crippen LogP contribution in [-0.4, -0.2) is 28.7 Å². The number of hydrogen-bond acceptors (Lipinski definition) is 4. The van der Waals surface area contributed by atoms with E-state index >= 15 is 0 Å². The first-order valence-electron chi connectivity index (χ1n) is 4.26. The minimum absolute atomic E-state index is 0.270. The average molecular weight is 218 g/mol. The zero-order chi connectivity index (χ0) is 9.68. The Morgan fingerprint density at radius 1 is 1.54 bits per heavy atom. The first kappa shape index (κ1) is 11.0. The summed E-state index contributed by atoms with van der Waals surface area (Å²) in [4.78, 5) is 11.0. The molecule has 74 valence electrons. The van der Waals surface area contributed by atoms with Gasteiger partial charge in [-0.2, -0.15) is 0 Å². The van der Waals surface area contributed by atoms with E-state index in [1.807, 2.05) is 23.5 Å². The Hall–Kier alpha value is -0.0900. The lowest BCUT2D eigenvalue weighted by Gasteiger charge is -2.07. The van der Waals surface area contributed by atoms with E-state index in [2.05, 4.69) is 6.58 Å². The molecule has 0 aromatic rings. The predicted molar refractivity (Wildman–Crippen MR) is 59.1 cm³/mol. The van der Waals surface area contributed by atoms with Gasteiger partial charge in [0.1, 0.15) is 0 Å². The molecular formula is C9H14O2S2. The smallest absolute Gasteiger partial charge is 0.333 e. The van der Waals surface area contributed by atoms with Gasteiger partial charge in [-0.1, -0.05) is 6.58 Å². The summed E-state index contributed by atoms with van der Waals surface area (Å²) in [5.74, 6) is 2.18. The van der Waals surface area contributed by atoms with E-state index in [9.17, 15) is 4.79 Å². The zero-order valence-electron chi connectivity index (χ0n) is 7.75. The molecule has 1 aliphatic rings. The number of thioether (sulfide) groups is 2. The summed E-state index contributed by atoms with van der Waals surface area (Å²) < 4.78 is 5.62. The van der Waals surface area contributed by atoms with E-state index in [4.69, 9.17) is 4.74 Å². The fraction of sp³-hybridized carbons (Fsp3) is 0.667. The first-order valence-corrected chi connectivity index (χ1v) is 6.35. The highest BCUT2D eigenvalue weighted by molar-refractivity contribution is 8.20. The highest BCUT2D eigenvalue weighted by Gasteiger charge is 2.16. The van der Waals surface area contributed by atoms with E-state index in [0.717, 1.165) is 6.42 Å². The predicted octanol–water partition coefficient (Wildman–Crippen LogP) is 2.30. The van der Waals surface area contributed by atoms with Crippen LogP contribution in [0.4, 0.5) is 0 Å². The molecule has 0 aliphatic carbocycles. The van der Waals surface area contributed by atoms with Crippen LogP contribution in [0.5, 0.6) is 0 Å². The molecule has 0 unspecified atom stereocenters. The second kappa shape index (κ2) is 5.60. The molecule has 2 nitrogen and oxygen atoms in total. The van der Waals surface area contributed by atoms with Crippen LogP contribution in [-0.2, 0) is 9.53 Å². The minimum atomic E-state index is -0.270. The third-order valence-corrected chi connectivity index (χ3v) is 4.80. The van der Waals surface area contributed by atoms with Gasteiger partial charge < -0.3 is 4.74 Å². The molecule has 1 fully saturated rings. The molecule has 0 aromatic heterocycles. The molecule has 0 bridgehead atoms. The molecule has 13 heavy (non-hydrogen) atoms. The van der Waals surface area contributed by atoms with Crippen molar-refractivity contribution in [2.75, 3.05) is 18.1 Å². The topological polar surface area (TPSA) is 26.3 Å². The molecular weight excluding hydrogens is 204 g/mol. The van der Waals surface area contributed by atoms with Crippen molar-refractivity contribution < 1.29 is 9.53 Å². The highest BCUT2D eigenvalue weighted by atomic mass is 32.2. The van der Waals surface area contributed by atoms with Gasteiger partial charge in [-0.15, -0.1) is 23.5 Å². The SMILES string of the molecule is C=C(C)C(=O)OCCC1SCCS1. The van der Waals surface area contributed by atoms with Gasteiger partial charge in [0, 0.05) is 23.5 Å². The van der Waals surface area contributed by atoms with Gasteiger partial charge >= 0.3 is 5.97 Å². The molecule has 1 rings (SSSR count). The standard InChI is InChI=1S/C9H14O2S2/c1-7(2)9(10)11-4-3-8-12-5-6-13-8/h8H,1,3-6H2,2H3. The van der Waals surface area contributed by atoms with E-state index in [0.29, 0.717) is 16.8 Å². The van der Waals surface area contributed by atoms with Crippen LogP contribution in [0, 0.1) is 0 Å². The molecule has 4 heteroatoms. The third kappa shape index (κ3) is 4.09. The van der Waals surface area contributed by atoms with Crippen molar-refractivity contribution in [2.24, 2.45) is 0 Å². The molecule has 1 aliphatic heterocycles. The fourth-order valence-corrected chi connectivity index (χ4v) is 3.73. The van der Waals surface area contributed by atoms with Crippen LogP contribution in [0.3, 0.4) is 0 Å². The van der Waals surface area contributed by atoms with E-state index < -0.39 is 0 Å². The van der Waals surface area contributed by atoms with Gasteiger partial charge in [0.25, 0.3) is 0 Å². The van der Waals surface area contributed by atoms with Crippen molar-refractivity contribution in [1.82, 2.24) is 0 Å². The largest absolute Gasteiger partial charge is 0.462 e. The van der Waals surface area contributed by atoms with Crippen LogP contribution in [0.1, 0.15) is 13.3 Å². The Labute approximate surface area is 87.5 Å². The van der Waals surface area contributed by atoms with Gasteiger partial charge in [-0.05, 0) is 6.92 Å². The van der Waals surface area contributed by atoms with Crippen LogP contribution in [0.15, 0.2) is 12.2 Å². The van der Waals surface area contributed by atoms with Crippen molar-refractivity contribution in [1.29, 1.82) is 0 Å². The van der Waals surface area contributed by atoms with E-state index in [1.165, 1.54) is 11.5 Å². The number of ether oxygens (including phenoxy) is 1. The molecule has 0 atom stereocenters. The van der Waals surface area contributed by atoms with Crippen molar-refractivity contribution in [3.63, 3.8) is 0 Å². The van der Waals surface area contributed by atoms with Gasteiger partial charge in [-0.3, -0.25) is 0 Å². The number of hydrogen-bond donors (Lipinski definition) is 0. The Bertz CT molecular complexity index is 198. The quantitative estimate of drug-likeness (QED) is 0.534. The number of esters is 1. The molecule has 1 heterocycles. The number of rotatable bonds is 4. The molecule has 0 saturated carbocycles. The summed E-state index contributed by atoms with van der Waals surface area (Å²) in [5.41, 5.74) is 0.478. The summed E-state index contributed by atoms with van der Waals surface area (Å²) >= 11 is 3.90. The second-order valence-electron chi connectivity index (χ2n) is 2.88.